The van der Waals surface area contributed by atoms with Gasteiger partial charge in [-0.15, -0.1) is 0 Å². The van der Waals surface area contributed by atoms with Crippen LogP contribution in [0.5, 0.6) is 0 Å². The quantitative estimate of drug-likeness (QED) is 0.201. The van der Waals surface area contributed by atoms with E-state index in [0.717, 1.165) is 25.7 Å². The van der Waals surface area contributed by atoms with E-state index in [-0.39, 0.29) is 74.8 Å². The number of hydrogen-bond acceptors (Lipinski definition) is 6. The van der Waals surface area contributed by atoms with Gasteiger partial charge in [0.25, 0.3) is 10.2 Å². The van der Waals surface area contributed by atoms with E-state index in [2.05, 4.69) is 0 Å². The van der Waals surface area contributed by atoms with Gasteiger partial charge < -0.3 is 2.85 Å². The van der Waals surface area contributed by atoms with E-state index in [0.29, 0.717) is 25.7 Å². The Morgan fingerprint density at radius 1 is 0.583 bits per heavy atom. The van der Waals surface area contributed by atoms with Gasteiger partial charge in [-0.25, -0.2) is 0 Å². The van der Waals surface area contributed by atoms with Gasteiger partial charge in [0.2, 0.25) is 0 Å². The summed E-state index contributed by atoms with van der Waals surface area (Å²) < 4.78 is 58.6. The predicted molar refractivity (Wildman–Crippen MR) is 81.5 cm³/mol. The summed E-state index contributed by atoms with van der Waals surface area (Å²) in [4.78, 5) is 21.7. The van der Waals surface area contributed by atoms with E-state index in [4.69, 9.17) is 9.11 Å². The molecule has 0 aromatic rings. The second-order valence-electron chi connectivity index (χ2n) is 5.02. The molecule has 0 aliphatic rings. The molecule has 0 atom stereocenters. The number of carbonyl (C=O) groups is 2. The third-order valence-corrected chi connectivity index (χ3v) is 4.65. The van der Waals surface area contributed by atoms with Gasteiger partial charge in [0.05, 0.1) is 0 Å². The third kappa shape index (κ3) is 16.6. The standard InChI is InChI=1S/C12H22O8S2.2Na.2H/c13-11(21(15,16)17)9-7-5-3-1-2-4-6-8-10-12(14)22(18,19)20;;;;/h1-10H2,(H,15,16,17)(H,18,19,20);;;;/q;2*+1;2*-1. The first-order valence-corrected chi connectivity index (χ1v) is 9.94. The summed E-state index contributed by atoms with van der Waals surface area (Å²) in [5, 5.41) is -2.31. The monoisotopic (exact) mass is 406 g/mol. The van der Waals surface area contributed by atoms with Gasteiger partial charge in [-0.1, -0.05) is 38.5 Å². The van der Waals surface area contributed by atoms with Crippen molar-refractivity contribution in [2.75, 3.05) is 0 Å². The van der Waals surface area contributed by atoms with Gasteiger partial charge in [0, 0.05) is 12.8 Å². The van der Waals surface area contributed by atoms with E-state index in [1.165, 1.54) is 0 Å². The second-order valence-corrected chi connectivity index (χ2v) is 7.83. The number of hydrogen-bond donors (Lipinski definition) is 2. The number of unbranched alkanes of at least 4 members (excludes halogenated alkanes) is 7. The molecule has 12 heteroatoms. The van der Waals surface area contributed by atoms with Crippen molar-refractivity contribution in [1.29, 1.82) is 0 Å². The third-order valence-electron chi connectivity index (χ3n) is 3.09. The molecule has 134 valence electrons. The zero-order valence-corrected chi connectivity index (χ0v) is 19.9. The maximum Gasteiger partial charge on any atom is 1.00 e. The molecule has 0 rings (SSSR count). The fourth-order valence-corrected chi connectivity index (χ4v) is 2.66. The van der Waals surface area contributed by atoms with E-state index in [1.807, 2.05) is 0 Å². The summed E-state index contributed by atoms with van der Waals surface area (Å²) in [5.41, 5.74) is 0. The van der Waals surface area contributed by atoms with Crippen LogP contribution in [0.15, 0.2) is 0 Å². The van der Waals surface area contributed by atoms with Crippen molar-refractivity contribution in [3.05, 3.63) is 0 Å². The normalized spacial score (nSPS) is 11.2. The molecular weight excluding hydrogens is 382 g/mol. The first-order chi connectivity index (χ1) is 10.0. The van der Waals surface area contributed by atoms with Crippen LogP contribution in [0.25, 0.3) is 0 Å². The van der Waals surface area contributed by atoms with Crippen LogP contribution in [0.2, 0.25) is 0 Å². The van der Waals surface area contributed by atoms with Crippen molar-refractivity contribution in [3.8, 4) is 0 Å². The molecule has 0 fully saturated rings. The molecule has 8 nitrogen and oxygen atoms in total. The Bertz CT molecular complexity index is 530. The molecular formula is C12H24Na2O8S2. The van der Waals surface area contributed by atoms with Crippen LogP contribution in [-0.2, 0) is 29.8 Å². The molecule has 0 unspecified atom stereocenters. The Morgan fingerprint density at radius 2 is 0.792 bits per heavy atom. The molecule has 0 bridgehead atoms. The van der Waals surface area contributed by atoms with Gasteiger partial charge in [-0.05, 0) is 12.8 Å². The van der Waals surface area contributed by atoms with Gasteiger partial charge in [-0.3, -0.25) is 18.7 Å². The molecule has 0 aliphatic carbocycles. The van der Waals surface area contributed by atoms with Crippen molar-refractivity contribution >= 4 is 30.5 Å². The second kappa shape index (κ2) is 15.2. The van der Waals surface area contributed by atoms with Crippen LogP contribution in [0.1, 0.15) is 67.1 Å². The smallest absolute Gasteiger partial charge is 1.00 e. The van der Waals surface area contributed by atoms with E-state index in [9.17, 15) is 26.4 Å². The van der Waals surface area contributed by atoms with Crippen LogP contribution in [0.3, 0.4) is 0 Å². The number of carbonyl (C=O) groups excluding carboxylic acids is 2. The van der Waals surface area contributed by atoms with Crippen LogP contribution >= 0.6 is 0 Å². The minimum Gasteiger partial charge on any atom is -1.00 e. The largest absolute Gasteiger partial charge is 1.00 e. The summed E-state index contributed by atoms with van der Waals surface area (Å²) in [5.74, 6) is 0. The predicted octanol–water partition coefficient (Wildman–Crippen LogP) is -4.05. The molecule has 0 aliphatic heterocycles. The van der Waals surface area contributed by atoms with Gasteiger partial charge >= 0.3 is 79.4 Å². The number of rotatable bonds is 11. The molecule has 0 saturated heterocycles. The van der Waals surface area contributed by atoms with Crippen LogP contribution in [0.4, 0.5) is 0 Å². The molecule has 0 heterocycles. The van der Waals surface area contributed by atoms with Gasteiger partial charge in [0.1, 0.15) is 0 Å². The maximum absolute atomic E-state index is 10.9. The zero-order chi connectivity index (χ0) is 17.2. The Hall–Kier alpha value is 1.16. The topological polar surface area (TPSA) is 143 Å². The van der Waals surface area contributed by atoms with Crippen LogP contribution in [0, 0.1) is 0 Å². The average molecular weight is 406 g/mol. The Kier molecular flexibility index (Phi) is 19.0. The summed E-state index contributed by atoms with van der Waals surface area (Å²) in [6, 6.07) is 0. The molecule has 0 radical (unpaired) electrons. The van der Waals surface area contributed by atoms with E-state index < -0.39 is 30.5 Å². The van der Waals surface area contributed by atoms with Crippen molar-refractivity contribution in [2.45, 2.75) is 64.2 Å². The minimum atomic E-state index is -4.56. The first-order valence-electron chi connectivity index (χ1n) is 7.06. The van der Waals surface area contributed by atoms with Gasteiger partial charge in [-0.2, -0.15) is 16.8 Å². The molecule has 0 saturated carbocycles. The van der Waals surface area contributed by atoms with Crippen molar-refractivity contribution in [3.63, 3.8) is 0 Å². The summed E-state index contributed by atoms with van der Waals surface area (Å²) >= 11 is 0. The molecule has 2 N–H and O–H groups in total. The Balaban J connectivity index is -0.000000367. The summed E-state index contributed by atoms with van der Waals surface area (Å²) in [6.07, 6.45) is 5.21. The molecule has 24 heavy (non-hydrogen) atoms. The summed E-state index contributed by atoms with van der Waals surface area (Å²) in [7, 11) is -9.11. The van der Waals surface area contributed by atoms with Crippen molar-refractivity contribution in [2.24, 2.45) is 0 Å². The Labute approximate surface area is 190 Å². The minimum absolute atomic E-state index is 0. The molecule has 0 spiro atoms. The van der Waals surface area contributed by atoms with Crippen LogP contribution in [-0.4, -0.2) is 36.2 Å². The SMILES string of the molecule is O=C(CCCCCCCCCCC(=O)S(=O)(=O)O)S(=O)(=O)O.[H-].[H-].[Na+].[Na+]. The van der Waals surface area contributed by atoms with Crippen molar-refractivity contribution in [1.82, 2.24) is 0 Å². The zero-order valence-electron chi connectivity index (χ0n) is 16.2. The average Bonchev–Trinajstić information content (AvgIpc) is 2.38. The molecule has 0 aromatic carbocycles. The van der Waals surface area contributed by atoms with Crippen LogP contribution < -0.4 is 59.1 Å². The molecule has 0 amide bonds. The summed E-state index contributed by atoms with van der Waals surface area (Å²) in [6.45, 7) is 0. The van der Waals surface area contributed by atoms with Crippen molar-refractivity contribution < 1.29 is 97.5 Å². The fourth-order valence-electron chi connectivity index (χ4n) is 1.86. The first kappa shape index (κ1) is 29.9. The van der Waals surface area contributed by atoms with E-state index >= 15 is 0 Å². The van der Waals surface area contributed by atoms with E-state index in [1.54, 1.807) is 0 Å². The maximum atomic E-state index is 10.9. The molecule has 0 aromatic heterocycles. The fraction of sp³-hybridized carbons (Fsp3) is 0.833. The Morgan fingerprint density at radius 3 is 1.00 bits per heavy atom. The van der Waals surface area contributed by atoms with Gasteiger partial charge in [0.15, 0.2) is 0 Å².